The molecule has 1 fully saturated rings. The zero-order valence-electron chi connectivity index (χ0n) is 16.0. The van der Waals surface area contributed by atoms with Gasteiger partial charge in [0.05, 0.1) is 5.69 Å². The van der Waals surface area contributed by atoms with Crippen LogP contribution in [0.15, 0.2) is 41.2 Å². The van der Waals surface area contributed by atoms with Gasteiger partial charge in [-0.1, -0.05) is 5.16 Å². The zero-order chi connectivity index (χ0) is 19.6. The lowest BCUT2D eigenvalue weighted by atomic mass is 9.95. The largest absolute Gasteiger partial charge is 0.355 e. The molecule has 5 rings (SSSR count). The van der Waals surface area contributed by atoms with E-state index < -0.39 is 0 Å². The van der Waals surface area contributed by atoms with Crippen molar-refractivity contribution in [3.63, 3.8) is 0 Å². The van der Waals surface area contributed by atoms with Crippen molar-refractivity contribution >= 4 is 11.7 Å². The standard InChI is InChI=1S/C21H22N6O2/c28-21(18-9-19(29-26-18)16-5-3-7-22-11-16)23-10-14-12-27(13-14)20-8-15-4-1-2-6-17(15)24-25-20/h3,5,7-9,11,14H,1-2,4,6,10,12-13H2,(H,23,28). The van der Waals surface area contributed by atoms with E-state index in [9.17, 15) is 4.79 Å². The molecule has 0 radical (unpaired) electrons. The molecular weight excluding hydrogens is 368 g/mol. The molecule has 1 saturated heterocycles. The average Bonchev–Trinajstić information content (AvgIpc) is 3.23. The molecule has 2 aliphatic rings. The molecule has 1 aliphatic carbocycles. The molecule has 0 unspecified atom stereocenters. The number of nitrogens with zero attached hydrogens (tertiary/aromatic N) is 5. The first kappa shape index (κ1) is 17.8. The molecule has 8 heteroatoms. The molecule has 3 aromatic rings. The highest BCUT2D eigenvalue weighted by Crippen LogP contribution is 2.26. The fraction of sp³-hybridized carbons (Fsp3) is 0.381. The van der Waals surface area contributed by atoms with Crippen LogP contribution in [0.1, 0.15) is 34.6 Å². The Morgan fingerprint density at radius 1 is 1.21 bits per heavy atom. The van der Waals surface area contributed by atoms with Crippen LogP contribution in [0.3, 0.4) is 0 Å². The van der Waals surface area contributed by atoms with Crippen molar-refractivity contribution in [1.82, 2.24) is 25.7 Å². The highest BCUT2D eigenvalue weighted by Gasteiger charge is 2.29. The molecule has 1 amide bonds. The van der Waals surface area contributed by atoms with Crippen molar-refractivity contribution in [1.29, 1.82) is 0 Å². The fourth-order valence-corrected chi connectivity index (χ4v) is 3.87. The Kier molecular flexibility index (Phi) is 4.67. The van der Waals surface area contributed by atoms with E-state index in [1.807, 2.05) is 12.1 Å². The van der Waals surface area contributed by atoms with Gasteiger partial charge in [-0.3, -0.25) is 9.78 Å². The van der Waals surface area contributed by atoms with Gasteiger partial charge in [-0.25, -0.2) is 0 Å². The second-order valence-corrected chi connectivity index (χ2v) is 7.68. The maximum Gasteiger partial charge on any atom is 0.273 e. The SMILES string of the molecule is O=C(NCC1CN(c2cc3c(nn2)CCCC3)C1)c1cc(-c2cccnc2)on1. The van der Waals surface area contributed by atoms with Crippen molar-refractivity contribution in [2.45, 2.75) is 25.7 Å². The number of carbonyl (C=O) groups is 1. The van der Waals surface area contributed by atoms with Crippen molar-refractivity contribution in [2.75, 3.05) is 24.5 Å². The Bertz CT molecular complexity index is 1010. The van der Waals surface area contributed by atoms with Crippen molar-refractivity contribution < 1.29 is 9.32 Å². The molecule has 3 aromatic heterocycles. The van der Waals surface area contributed by atoms with Crippen LogP contribution in [0, 0.1) is 5.92 Å². The normalized spacial score (nSPS) is 16.2. The van der Waals surface area contributed by atoms with Crippen molar-refractivity contribution in [2.24, 2.45) is 5.92 Å². The van der Waals surface area contributed by atoms with Crippen LogP contribution in [0.25, 0.3) is 11.3 Å². The predicted molar refractivity (Wildman–Crippen MR) is 106 cm³/mol. The first-order valence-corrected chi connectivity index (χ1v) is 10.0. The second-order valence-electron chi connectivity index (χ2n) is 7.68. The molecule has 0 saturated carbocycles. The minimum atomic E-state index is -0.226. The molecule has 29 heavy (non-hydrogen) atoms. The Hall–Kier alpha value is -3.29. The quantitative estimate of drug-likeness (QED) is 0.714. The summed E-state index contributed by atoms with van der Waals surface area (Å²) in [6, 6.07) is 7.50. The van der Waals surface area contributed by atoms with Crippen LogP contribution in [0.4, 0.5) is 5.82 Å². The first-order valence-electron chi connectivity index (χ1n) is 10.0. The number of anilines is 1. The van der Waals surface area contributed by atoms with Crippen molar-refractivity contribution in [3.8, 4) is 11.3 Å². The summed E-state index contributed by atoms with van der Waals surface area (Å²) >= 11 is 0. The first-order chi connectivity index (χ1) is 14.3. The number of rotatable bonds is 5. The van der Waals surface area contributed by atoms with Gasteiger partial charge < -0.3 is 14.7 Å². The number of aromatic nitrogens is 4. The molecular formula is C21H22N6O2. The number of nitrogens with one attached hydrogen (secondary N) is 1. The molecule has 0 aromatic carbocycles. The molecule has 1 N–H and O–H groups in total. The van der Waals surface area contributed by atoms with Gasteiger partial charge in [0.1, 0.15) is 0 Å². The smallest absolute Gasteiger partial charge is 0.273 e. The molecule has 8 nitrogen and oxygen atoms in total. The lowest BCUT2D eigenvalue weighted by Gasteiger charge is -2.40. The summed E-state index contributed by atoms with van der Waals surface area (Å²) in [6.45, 7) is 2.34. The van der Waals surface area contributed by atoms with Gasteiger partial charge in [0.25, 0.3) is 5.91 Å². The minimum Gasteiger partial charge on any atom is -0.355 e. The Morgan fingerprint density at radius 3 is 2.97 bits per heavy atom. The van der Waals surface area contributed by atoms with E-state index in [0.29, 0.717) is 18.2 Å². The zero-order valence-corrected chi connectivity index (χ0v) is 16.0. The summed E-state index contributed by atoms with van der Waals surface area (Å²) in [5.41, 5.74) is 3.57. The predicted octanol–water partition coefficient (Wildman–Crippen LogP) is 2.27. The molecule has 4 heterocycles. The van der Waals surface area contributed by atoms with Crippen LogP contribution in [0.2, 0.25) is 0 Å². The number of hydrogen-bond donors (Lipinski definition) is 1. The summed E-state index contributed by atoms with van der Waals surface area (Å²) in [7, 11) is 0. The van der Waals surface area contributed by atoms with E-state index >= 15 is 0 Å². The lowest BCUT2D eigenvalue weighted by Crippen LogP contribution is -2.52. The van der Waals surface area contributed by atoms with E-state index in [0.717, 1.165) is 43.0 Å². The second kappa shape index (κ2) is 7.62. The molecule has 0 atom stereocenters. The highest BCUT2D eigenvalue weighted by molar-refractivity contribution is 5.93. The van der Waals surface area contributed by atoms with Crippen LogP contribution < -0.4 is 10.2 Å². The van der Waals surface area contributed by atoms with E-state index in [1.54, 1.807) is 18.5 Å². The van der Waals surface area contributed by atoms with Crippen LogP contribution in [0.5, 0.6) is 0 Å². The maximum atomic E-state index is 12.4. The maximum absolute atomic E-state index is 12.4. The van der Waals surface area contributed by atoms with Gasteiger partial charge in [0.2, 0.25) is 0 Å². The van der Waals surface area contributed by atoms with Crippen LogP contribution in [-0.2, 0) is 12.8 Å². The Morgan fingerprint density at radius 2 is 2.10 bits per heavy atom. The number of aryl methyl sites for hydroxylation is 2. The summed E-state index contributed by atoms with van der Waals surface area (Å²) in [5.74, 6) is 1.65. The summed E-state index contributed by atoms with van der Waals surface area (Å²) < 4.78 is 5.26. The fourth-order valence-electron chi connectivity index (χ4n) is 3.87. The minimum absolute atomic E-state index is 0.226. The molecule has 0 spiro atoms. The topological polar surface area (TPSA) is 97.0 Å². The number of hydrogen-bond acceptors (Lipinski definition) is 7. The number of pyridine rings is 1. The summed E-state index contributed by atoms with van der Waals surface area (Å²) in [5, 5.41) is 15.6. The average molecular weight is 390 g/mol. The molecule has 1 aliphatic heterocycles. The number of amides is 1. The molecule has 148 valence electrons. The van der Waals surface area contributed by atoms with Gasteiger partial charge >= 0.3 is 0 Å². The van der Waals surface area contributed by atoms with Gasteiger partial charge in [-0.2, -0.15) is 5.10 Å². The number of carbonyl (C=O) groups excluding carboxylic acids is 1. The van der Waals surface area contributed by atoms with E-state index in [2.05, 4.69) is 36.6 Å². The highest BCUT2D eigenvalue weighted by atomic mass is 16.5. The Balaban J connectivity index is 1.13. The van der Waals surface area contributed by atoms with Gasteiger partial charge in [-0.15, -0.1) is 5.10 Å². The summed E-state index contributed by atoms with van der Waals surface area (Å²) in [4.78, 5) is 18.6. The van der Waals surface area contributed by atoms with Gasteiger partial charge in [0, 0.05) is 49.6 Å². The van der Waals surface area contributed by atoms with Crippen LogP contribution in [-0.4, -0.2) is 45.9 Å². The number of fused-ring (bicyclic) bond motifs is 1. The van der Waals surface area contributed by atoms with E-state index in [1.165, 1.54) is 18.4 Å². The van der Waals surface area contributed by atoms with E-state index in [-0.39, 0.29) is 11.6 Å². The summed E-state index contributed by atoms with van der Waals surface area (Å²) in [6.07, 6.45) is 7.95. The van der Waals surface area contributed by atoms with Crippen LogP contribution >= 0.6 is 0 Å². The third-order valence-electron chi connectivity index (χ3n) is 5.58. The third kappa shape index (κ3) is 3.70. The van der Waals surface area contributed by atoms with Gasteiger partial charge in [0.15, 0.2) is 17.3 Å². The monoisotopic (exact) mass is 390 g/mol. The van der Waals surface area contributed by atoms with Gasteiger partial charge in [-0.05, 0) is 49.4 Å². The van der Waals surface area contributed by atoms with Crippen molar-refractivity contribution in [3.05, 3.63) is 53.6 Å². The lowest BCUT2D eigenvalue weighted by molar-refractivity contribution is 0.0935. The third-order valence-corrected chi connectivity index (χ3v) is 5.58. The Labute approximate surface area is 168 Å². The van der Waals surface area contributed by atoms with E-state index in [4.69, 9.17) is 4.52 Å². The molecule has 0 bridgehead atoms.